The molecule has 31 heavy (non-hydrogen) atoms. The molecule has 1 amide bonds. The van der Waals surface area contributed by atoms with Crippen LogP contribution in [-0.2, 0) is 0 Å². The summed E-state index contributed by atoms with van der Waals surface area (Å²) in [5.74, 6) is 0.300. The lowest BCUT2D eigenvalue weighted by Crippen LogP contribution is -2.13. The van der Waals surface area contributed by atoms with Crippen LogP contribution in [0.4, 0.5) is 5.69 Å². The van der Waals surface area contributed by atoms with Crippen molar-refractivity contribution >= 4 is 38.4 Å². The van der Waals surface area contributed by atoms with Gasteiger partial charge in [0.15, 0.2) is 5.82 Å². The highest BCUT2D eigenvalue weighted by molar-refractivity contribution is 9.10. The molecule has 0 fully saturated rings. The van der Waals surface area contributed by atoms with Gasteiger partial charge in [0.25, 0.3) is 5.91 Å². The number of halogens is 1. The summed E-state index contributed by atoms with van der Waals surface area (Å²) >= 11 is 3.48. The van der Waals surface area contributed by atoms with E-state index >= 15 is 0 Å². The van der Waals surface area contributed by atoms with Gasteiger partial charge in [-0.3, -0.25) is 9.78 Å². The number of fused-ring (bicyclic) bond motifs is 1. The number of amides is 1. The lowest BCUT2D eigenvalue weighted by molar-refractivity contribution is 0.102. The van der Waals surface area contributed by atoms with Crippen LogP contribution < -0.4 is 5.32 Å². The number of pyridine rings is 3. The van der Waals surface area contributed by atoms with E-state index in [4.69, 9.17) is 4.98 Å². The number of hydrogen-bond acceptors (Lipinski definition) is 6. The Hall–Kier alpha value is -3.98. The smallest absolute Gasteiger partial charge is 0.256 e. The molecule has 0 unspecified atom stereocenters. The molecule has 0 aliphatic heterocycles. The van der Waals surface area contributed by atoms with Crippen LogP contribution in [0.25, 0.3) is 28.0 Å². The van der Waals surface area contributed by atoms with Crippen LogP contribution >= 0.6 is 15.9 Å². The number of carbonyl (C=O) groups is 1. The summed E-state index contributed by atoms with van der Waals surface area (Å²) in [7, 11) is 0. The first-order chi connectivity index (χ1) is 15.2. The lowest BCUT2D eigenvalue weighted by atomic mass is 10.0. The average molecular weight is 472 g/mol. The third-order valence-corrected chi connectivity index (χ3v) is 5.11. The number of hydrogen-bond donors (Lipinski definition) is 1. The van der Waals surface area contributed by atoms with Crippen molar-refractivity contribution in [2.75, 3.05) is 5.32 Å². The van der Waals surface area contributed by atoms with E-state index in [1.807, 2.05) is 30.3 Å². The molecule has 0 saturated heterocycles. The Morgan fingerprint density at radius 3 is 2.48 bits per heavy atom. The Labute approximate surface area is 185 Å². The van der Waals surface area contributed by atoms with E-state index in [9.17, 15) is 4.79 Å². The minimum Gasteiger partial charge on any atom is -0.321 e. The molecule has 1 N–H and O–H groups in total. The van der Waals surface area contributed by atoms with Gasteiger partial charge in [-0.1, -0.05) is 15.9 Å². The van der Waals surface area contributed by atoms with Crippen LogP contribution in [0.2, 0.25) is 0 Å². The molecule has 5 aromatic rings. The second-order valence-electron chi connectivity index (χ2n) is 6.63. The van der Waals surface area contributed by atoms with E-state index in [1.54, 1.807) is 49.2 Å². The van der Waals surface area contributed by atoms with Crippen molar-refractivity contribution in [1.29, 1.82) is 0 Å². The fourth-order valence-corrected chi connectivity index (χ4v) is 3.53. The summed E-state index contributed by atoms with van der Waals surface area (Å²) in [6, 6.07) is 14.7. The van der Waals surface area contributed by atoms with Gasteiger partial charge < -0.3 is 5.32 Å². The summed E-state index contributed by atoms with van der Waals surface area (Å²) in [6.45, 7) is 0. The van der Waals surface area contributed by atoms with Crippen molar-refractivity contribution < 1.29 is 4.79 Å². The molecule has 9 heteroatoms. The van der Waals surface area contributed by atoms with Gasteiger partial charge in [0.2, 0.25) is 0 Å². The van der Waals surface area contributed by atoms with Crippen molar-refractivity contribution in [3.8, 4) is 17.1 Å². The third-order valence-electron chi connectivity index (χ3n) is 4.62. The predicted octanol–water partition coefficient (Wildman–Crippen LogP) is 4.29. The maximum atomic E-state index is 13.2. The largest absolute Gasteiger partial charge is 0.321 e. The van der Waals surface area contributed by atoms with Gasteiger partial charge in [0.1, 0.15) is 0 Å². The maximum Gasteiger partial charge on any atom is 0.256 e. The van der Waals surface area contributed by atoms with Gasteiger partial charge in [-0.15, -0.1) is 4.80 Å². The number of rotatable bonds is 4. The summed E-state index contributed by atoms with van der Waals surface area (Å²) in [4.78, 5) is 27.7. The van der Waals surface area contributed by atoms with Crippen LogP contribution in [0.3, 0.4) is 0 Å². The van der Waals surface area contributed by atoms with E-state index < -0.39 is 0 Å². The molecule has 0 saturated carbocycles. The van der Waals surface area contributed by atoms with E-state index in [0.29, 0.717) is 22.8 Å². The van der Waals surface area contributed by atoms with E-state index in [2.05, 4.69) is 41.4 Å². The highest BCUT2D eigenvalue weighted by Crippen LogP contribution is 2.27. The average Bonchev–Trinajstić information content (AvgIpc) is 3.34. The standard InChI is InChI=1S/C22H14BrN7O/c23-15-1-3-19-17(11-15)18(12-20(29-19)14-5-7-24-8-6-14)22(31)28-16-2-4-21(25-13-16)30-26-9-10-27-30/h1-13H,(H,28,31). The Morgan fingerprint density at radius 1 is 0.935 bits per heavy atom. The molecule has 0 aliphatic rings. The first kappa shape index (κ1) is 19.0. The monoisotopic (exact) mass is 471 g/mol. The second kappa shape index (κ2) is 8.04. The topological polar surface area (TPSA) is 98.5 Å². The van der Waals surface area contributed by atoms with Crippen molar-refractivity contribution in [3.05, 3.63) is 89.6 Å². The lowest BCUT2D eigenvalue weighted by Gasteiger charge is -2.11. The van der Waals surface area contributed by atoms with E-state index in [-0.39, 0.29) is 5.91 Å². The third kappa shape index (κ3) is 3.90. The zero-order valence-electron chi connectivity index (χ0n) is 16.0. The summed E-state index contributed by atoms with van der Waals surface area (Å²) in [5, 5.41) is 11.8. The first-order valence-electron chi connectivity index (χ1n) is 9.32. The fourth-order valence-electron chi connectivity index (χ4n) is 3.17. The number of benzene rings is 1. The first-order valence-corrected chi connectivity index (χ1v) is 10.1. The highest BCUT2D eigenvalue weighted by atomic mass is 79.9. The molecule has 0 bridgehead atoms. The van der Waals surface area contributed by atoms with Crippen LogP contribution in [-0.4, -0.2) is 35.9 Å². The minimum atomic E-state index is -0.257. The number of anilines is 1. The predicted molar refractivity (Wildman–Crippen MR) is 120 cm³/mol. The molecule has 0 spiro atoms. The molecule has 4 aromatic heterocycles. The SMILES string of the molecule is O=C(Nc1ccc(-n2nccn2)nc1)c1cc(-c2ccncc2)nc2ccc(Br)cc12. The Bertz CT molecular complexity index is 1370. The molecule has 0 atom stereocenters. The van der Waals surface area contributed by atoms with E-state index in [0.717, 1.165) is 20.9 Å². The molecule has 150 valence electrons. The van der Waals surface area contributed by atoms with Crippen molar-refractivity contribution in [2.24, 2.45) is 0 Å². The van der Waals surface area contributed by atoms with Crippen LogP contribution in [0.15, 0.2) is 84.0 Å². The van der Waals surface area contributed by atoms with Crippen LogP contribution in [0.5, 0.6) is 0 Å². The Kier molecular flexibility index (Phi) is 4.93. The number of carbonyl (C=O) groups excluding carboxylic acids is 1. The van der Waals surface area contributed by atoms with Gasteiger partial charge in [-0.25, -0.2) is 9.97 Å². The van der Waals surface area contributed by atoms with Gasteiger partial charge in [0, 0.05) is 27.8 Å². The highest BCUT2D eigenvalue weighted by Gasteiger charge is 2.15. The minimum absolute atomic E-state index is 0.257. The van der Waals surface area contributed by atoms with Gasteiger partial charge >= 0.3 is 0 Å². The van der Waals surface area contributed by atoms with E-state index in [1.165, 1.54) is 4.80 Å². The number of nitrogens with one attached hydrogen (secondary N) is 1. The van der Waals surface area contributed by atoms with Crippen molar-refractivity contribution in [1.82, 2.24) is 29.9 Å². The number of nitrogens with zero attached hydrogens (tertiary/aromatic N) is 6. The summed E-state index contributed by atoms with van der Waals surface area (Å²) in [6.07, 6.45) is 8.11. The zero-order valence-corrected chi connectivity index (χ0v) is 17.6. The quantitative estimate of drug-likeness (QED) is 0.419. The molecular formula is C22H14BrN7O. The molecule has 5 rings (SSSR count). The van der Waals surface area contributed by atoms with Gasteiger partial charge in [-0.05, 0) is 48.5 Å². The van der Waals surface area contributed by atoms with Crippen LogP contribution in [0, 0.1) is 0 Å². The summed E-state index contributed by atoms with van der Waals surface area (Å²) in [5.41, 5.74) is 3.37. The molecule has 4 heterocycles. The summed E-state index contributed by atoms with van der Waals surface area (Å²) < 4.78 is 0.866. The molecule has 1 aromatic carbocycles. The molecular weight excluding hydrogens is 458 g/mol. The van der Waals surface area contributed by atoms with Crippen LogP contribution in [0.1, 0.15) is 10.4 Å². The zero-order chi connectivity index (χ0) is 21.2. The van der Waals surface area contributed by atoms with Gasteiger partial charge in [-0.2, -0.15) is 10.2 Å². The molecule has 8 nitrogen and oxygen atoms in total. The number of aromatic nitrogens is 6. The van der Waals surface area contributed by atoms with Crippen molar-refractivity contribution in [3.63, 3.8) is 0 Å². The Balaban J connectivity index is 1.52. The van der Waals surface area contributed by atoms with Crippen molar-refractivity contribution in [2.45, 2.75) is 0 Å². The van der Waals surface area contributed by atoms with Gasteiger partial charge in [0.05, 0.1) is 41.1 Å². The molecule has 0 aliphatic carbocycles. The second-order valence-corrected chi connectivity index (χ2v) is 7.55. The molecule has 0 radical (unpaired) electrons. The fraction of sp³-hybridized carbons (Fsp3) is 0. The Morgan fingerprint density at radius 2 is 1.74 bits per heavy atom. The normalized spacial score (nSPS) is 10.9. The maximum absolute atomic E-state index is 13.2.